The summed E-state index contributed by atoms with van der Waals surface area (Å²) in [6.07, 6.45) is 0.253. The van der Waals surface area contributed by atoms with Gasteiger partial charge in [-0.15, -0.1) is 0 Å². The normalized spacial score (nSPS) is 11.7. The van der Waals surface area contributed by atoms with Crippen molar-refractivity contribution in [3.8, 4) is 0 Å². The number of carboxylic acids is 1. The summed E-state index contributed by atoms with van der Waals surface area (Å²) >= 11 is 0. The van der Waals surface area contributed by atoms with Gasteiger partial charge in [-0.2, -0.15) is 0 Å². The zero-order chi connectivity index (χ0) is 29.1. The maximum atomic E-state index is 12.8. The van der Waals surface area contributed by atoms with E-state index in [0.29, 0.717) is 16.7 Å². The molecule has 11 heteroatoms. The molecule has 4 aromatic rings. The van der Waals surface area contributed by atoms with E-state index in [0.717, 1.165) is 11.1 Å². The standard InChI is InChI=1S/C29H28N2O7S2/c1-19-3-9-24(10-4-19)39(35,36)30-27-13-7-21(16-23(27)18-32)15-22-8-14-28(26(17-22)29(33)34)31-40(37,38)25-11-5-20(2)6-12-25/h3-14,16-17,30-32H,15,18H2,1-2H3,(H,33,34). The third-order valence-corrected chi connectivity index (χ3v) is 8.98. The number of hydrogen-bond acceptors (Lipinski definition) is 6. The number of hydrogen-bond donors (Lipinski definition) is 4. The molecule has 0 aliphatic rings. The summed E-state index contributed by atoms with van der Waals surface area (Å²) in [5.41, 5.74) is 3.33. The molecule has 4 aromatic carbocycles. The summed E-state index contributed by atoms with van der Waals surface area (Å²) in [4.78, 5) is 12.1. The van der Waals surface area contributed by atoms with Crippen molar-refractivity contribution >= 4 is 37.4 Å². The minimum Gasteiger partial charge on any atom is -0.478 e. The quantitative estimate of drug-likeness (QED) is 0.213. The number of rotatable bonds is 10. The van der Waals surface area contributed by atoms with Gasteiger partial charge in [0.15, 0.2) is 0 Å². The van der Waals surface area contributed by atoms with Crippen LogP contribution in [0, 0.1) is 13.8 Å². The number of aromatic carboxylic acids is 1. The highest BCUT2D eigenvalue weighted by molar-refractivity contribution is 7.93. The number of sulfonamides is 2. The SMILES string of the molecule is Cc1ccc(S(=O)(=O)Nc2ccc(Cc3ccc(NS(=O)(=O)c4ccc(C)cc4)c(C(=O)O)c3)cc2CO)cc1. The van der Waals surface area contributed by atoms with Crippen LogP contribution in [-0.2, 0) is 33.1 Å². The van der Waals surface area contributed by atoms with Gasteiger partial charge in [-0.1, -0.05) is 53.6 Å². The number of carbonyl (C=O) groups is 1. The molecule has 0 aliphatic heterocycles. The maximum Gasteiger partial charge on any atom is 0.337 e. The van der Waals surface area contributed by atoms with Crippen molar-refractivity contribution in [3.63, 3.8) is 0 Å². The van der Waals surface area contributed by atoms with Crippen molar-refractivity contribution in [1.82, 2.24) is 0 Å². The fraction of sp³-hybridized carbons (Fsp3) is 0.138. The van der Waals surface area contributed by atoms with Gasteiger partial charge >= 0.3 is 5.97 Å². The van der Waals surface area contributed by atoms with Gasteiger partial charge < -0.3 is 10.2 Å². The van der Waals surface area contributed by atoms with Crippen molar-refractivity contribution < 1.29 is 31.8 Å². The Morgan fingerprint density at radius 2 is 1.12 bits per heavy atom. The molecule has 40 heavy (non-hydrogen) atoms. The predicted molar refractivity (Wildman–Crippen MR) is 153 cm³/mol. The van der Waals surface area contributed by atoms with Crippen LogP contribution in [0.15, 0.2) is 94.7 Å². The number of benzene rings is 4. The number of nitrogens with one attached hydrogen (secondary N) is 2. The molecule has 0 saturated carbocycles. The second-order valence-electron chi connectivity index (χ2n) is 9.35. The smallest absolute Gasteiger partial charge is 0.337 e. The van der Waals surface area contributed by atoms with Gasteiger partial charge in [0, 0.05) is 5.56 Å². The van der Waals surface area contributed by atoms with Crippen molar-refractivity contribution in [1.29, 1.82) is 0 Å². The van der Waals surface area contributed by atoms with Gasteiger partial charge in [-0.3, -0.25) is 9.44 Å². The molecule has 4 rings (SSSR count). The van der Waals surface area contributed by atoms with Crippen LogP contribution in [-0.4, -0.2) is 33.0 Å². The molecule has 0 atom stereocenters. The third-order valence-electron chi connectivity index (χ3n) is 6.21. The minimum atomic E-state index is -4.01. The van der Waals surface area contributed by atoms with Crippen LogP contribution in [0.25, 0.3) is 0 Å². The van der Waals surface area contributed by atoms with E-state index < -0.39 is 32.6 Å². The van der Waals surface area contributed by atoms with E-state index >= 15 is 0 Å². The molecule has 0 fully saturated rings. The molecule has 0 aliphatic carbocycles. The fourth-order valence-corrected chi connectivity index (χ4v) is 6.21. The van der Waals surface area contributed by atoms with Gasteiger partial charge in [0.1, 0.15) is 0 Å². The Labute approximate surface area is 233 Å². The van der Waals surface area contributed by atoms with E-state index in [-0.39, 0.29) is 33.2 Å². The largest absolute Gasteiger partial charge is 0.478 e. The molecule has 4 N–H and O–H groups in total. The molecule has 0 bridgehead atoms. The Bertz CT molecular complexity index is 1770. The molecule has 0 saturated heterocycles. The summed E-state index contributed by atoms with van der Waals surface area (Å²) in [7, 11) is -7.88. The zero-order valence-electron chi connectivity index (χ0n) is 21.7. The van der Waals surface area contributed by atoms with E-state index in [2.05, 4.69) is 9.44 Å². The maximum absolute atomic E-state index is 12.8. The summed E-state index contributed by atoms with van der Waals surface area (Å²) in [6.45, 7) is 3.24. The number of carboxylic acid groups (broad SMARTS) is 1. The van der Waals surface area contributed by atoms with Crippen LogP contribution in [0.3, 0.4) is 0 Å². The van der Waals surface area contributed by atoms with Gasteiger partial charge in [-0.05, 0) is 73.9 Å². The summed E-state index contributed by atoms with van der Waals surface area (Å²) < 4.78 is 56.0. The fourth-order valence-electron chi connectivity index (χ4n) is 4.03. The topological polar surface area (TPSA) is 150 Å². The minimum absolute atomic E-state index is 0.00754. The second-order valence-corrected chi connectivity index (χ2v) is 12.7. The lowest BCUT2D eigenvalue weighted by Crippen LogP contribution is -2.16. The number of anilines is 2. The lowest BCUT2D eigenvalue weighted by atomic mass is 10.00. The molecule has 208 valence electrons. The molecule has 0 spiro atoms. The number of aliphatic hydroxyl groups is 1. The Morgan fingerprint density at radius 3 is 1.60 bits per heavy atom. The van der Waals surface area contributed by atoms with E-state index in [9.17, 15) is 31.8 Å². The molecule has 0 heterocycles. The van der Waals surface area contributed by atoms with Crippen LogP contribution in [0.4, 0.5) is 11.4 Å². The monoisotopic (exact) mass is 580 g/mol. The van der Waals surface area contributed by atoms with Gasteiger partial charge in [0.25, 0.3) is 20.0 Å². The summed E-state index contributed by atoms with van der Waals surface area (Å²) in [5.74, 6) is -1.31. The molecular weight excluding hydrogens is 552 g/mol. The Balaban J connectivity index is 1.56. The second kappa shape index (κ2) is 11.5. The van der Waals surface area contributed by atoms with Crippen LogP contribution in [0.5, 0.6) is 0 Å². The van der Waals surface area contributed by atoms with Crippen LogP contribution in [0.1, 0.15) is 38.2 Å². The average Bonchev–Trinajstić information content (AvgIpc) is 2.90. The van der Waals surface area contributed by atoms with Crippen molar-refractivity contribution in [2.45, 2.75) is 36.7 Å². The molecule has 0 unspecified atom stereocenters. The Kier molecular flexibility index (Phi) is 8.29. The van der Waals surface area contributed by atoms with Crippen LogP contribution >= 0.6 is 0 Å². The Hall–Kier alpha value is -4.19. The van der Waals surface area contributed by atoms with E-state index in [4.69, 9.17) is 0 Å². The lowest BCUT2D eigenvalue weighted by Gasteiger charge is -2.14. The Morgan fingerprint density at radius 1 is 0.675 bits per heavy atom. The zero-order valence-corrected chi connectivity index (χ0v) is 23.4. The summed E-state index contributed by atoms with van der Waals surface area (Å²) in [6, 6.07) is 21.7. The van der Waals surface area contributed by atoms with Crippen molar-refractivity contribution in [2.24, 2.45) is 0 Å². The van der Waals surface area contributed by atoms with Crippen molar-refractivity contribution in [2.75, 3.05) is 9.44 Å². The first-order valence-electron chi connectivity index (χ1n) is 12.2. The predicted octanol–water partition coefficient (Wildman–Crippen LogP) is 4.69. The highest BCUT2D eigenvalue weighted by Crippen LogP contribution is 2.26. The van der Waals surface area contributed by atoms with E-state index in [1.165, 1.54) is 42.5 Å². The molecular formula is C29H28N2O7S2. The van der Waals surface area contributed by atoms with E-state index in [1.807, 2.05) is 13.8 Å². The van der Waals surface area contributed by atoms with Crippen LogP contribution < -0.4 is 9.44 Å². The van der Waals surface area contributed by atoms with Crippen LogP contribution in [0.2, 0.25) is 0 Å². The van der Waals surface area contributed by atoms with Crippen molar-refractivity contribution in [3.05, 3.63) is 118 Å². The average molecular weight is 581 g/mol. The first kappa shape index (κ1) is 28.8. The van der Waals surface area contributed by atoms with E-state index in [1.54, 1.807) is 42.5 Å². The first-order valence-corrected chi connectivity index (χ1v) is 15.1. The third kappa shape index (κ3) is 6.68. The molecule has 0 radical (unpaired) electrons. The first-order chi connectivity index (χ1) is 18.9. The highest BCUT2D eigenvalue weighted by Gasteiger charge is 2.20. The molecule has 0 aromatic heterocycles. The summed E-state index contributed by atoms with van der Waals surface area (Å²) in [5, 5.41) is 19.7. The number of aliphatic hydroxyl groups excluding tert-OH is 1. The highest BCUT2D eigenvalue weighted by atomic mass is 32.2. The van der Waals surface area contributed by atoms with Gasteiger partial charge in [0.05, 0.1) is 33.3 Å². The number of aryl methyl sites for hydroxylation is 2. The van der Waals surface area contributed by atoms with Gasteiger partial charge in [0.2, 0.25) is 0 Å². The molecule has 0 amide bonds. The lowest BCUT2D eigenvalue weighted by molar-refractivity contribution is 0.0698. The van der Waals surface area contributed by atoms with Gasteiger partial charge in [-0.25, -0.2) is 21.6 Å². The molecule has 9 nitrogen and oxygen atoms in total.